The summed E-state index contributed by atoms with van der Waals surface area (Å²) in [4.78, 5) is 0.152. The van der Waals surface area contributed by atoms with Crippen molar-refractivity contribution < 1.29 is 8.42 Å². The number of sulfonamides is 1. The van der Waals surface area contributed by atoms with Crippen LogP contribution in [0.2, 0.25) is 5.02 Å². The minimum Gasteiger partial charge on any atom is -0.207 e. The van der Waals surface area contributed by atoms with Gasteiger partial charge >= 0.3 is 0 Å². The molecular formula is C15H23Cl2NO2S. The molecule has 0 spiro atoms. The van der Waals surface area contributed by atoms with E-state index >= 15 is 0 Å². The van der Waals surface area contributed by atoms with E-state index in [-0.39, 0.29) is 21.8 Å². The number of halogens is 2. The number of hydrogen-bond acceptors (Lipinski definition) is 2. The number of unbranched alkanes of at least 4 members (excludes halogenated alkanes) is 1. The van der Waals surface area contributed by atoms with Crippen molar-refractivity contribution in [3.05, 3.63) is 28.8 Å². The molecule has 3 nitrogen and oxygen atoms in total. The average molecular weight is 352 g/mol. The fourth-order valence-corrected chi connectivity index (χ4v) is 4.49. The normalized spacial score (nSPS) is 13.6. The zero-order valence-corrected chi connectivity index (χ0v) is 15.1. The summed E-state index contributed by atoms with van der Waals surface area (Å²) in [6.45, 7) is 6.46. The van der Waals surface area contributed by atoms with E-state index in [0.29, 0.717) is 6.54 Å². The maximum absolute atomic E-state index is 12.9. The molecule has 0 aliphatic rings. The first kappa shape index (κ1) is 18.8. The molecule has 0 N–H and O–H groups in total. The molecule has 1 aromatic carbocycles. The maximum atomic E-state index is 12.9. The zero-order chi connectivity index (χ0) is 16.0. The SMILES string of the molecule is CCCCN(C(C)CC)S(=O)(=O)c1cc(CCl)ccc1Cl. The highest BCUT2D eigenvalue weighted by Gasteiger charge is 2.29. The number of hydrogen-bond donors (Lipinski definition) is 0. The second-order valence-corrected chi connectivity index (χ2v) is 7.66. The molecule has 0 aliphatic heterocycles. The standard InChI is InChI=1S/C15H23Cl2NO2S/c1-4-6-9-18(12(3)5-2)21(19,20)15-10-13(11-16)7-8-14(15)17/h7-8,10,12H,4-6,9,11H2,1-3H3. The summed E-state index contributed by atoms with van der Waals surface area (Å²) in [7, 11) is -3.61. The molecule has 1 unspecified atom stereocenters. The molecule has 1 aromatic rings. The van der Waals surface area contributed by atoms with Gasteiger partial charge in [-0.1, -0.05) is 37.9 Å². The van der Waals surface area contributed by atoms with E-state index < -0.39 is 10.0 Å². The quantitative estimate of drug-likeness (QED) is 0.638. The Hall–Kier alpha value is -0.290. The largest absolute Gasteiger partial charge is 0.244 e. The summed E-state index contributed by atoms with van der Waals surface area (Å²) in [6.07, 6.45) is 2.53. The first-order valence-electron chi connectivity index (χ1n) is 7.24. The second kappa shape index (κ2) is 8.37. The third kappa shape index (κ3) is 4.59. The topological polar surface area (TPSA) is 37.4 Å². The third-order valence-corrected chi connectivity index (χ3v) is 6.35. The number of rotatable bonds is 8. The molecule has 1 atom stereocenters. The van der Waals surface area contributed by atoms with E-state index in [1.54, 1.807) is 22.5 Å². The van der Waals surface area contributed by atoms with Crippen LogP contribution in [0.5, 0.6) is 0 Å². The van der Waals surface area contributed by atoms with Gasteiger partial charge in [0.25, 0.3) is 0 Å². The predicted molar refractivity (Wildman–Crippen MR) is 89.6 cm³/mol. The summed E-state index contributed by atoms with van der Waals surface area (Å²) in [5.41, 5.74) is 0.749. The lowest BCUT2D eigenvalue weighted by molar-refractivity contribution is 0.324. The van der Waals surface area contributed by atoms with Gasteiger partial charge in [0.2, 0.25) is 10.0 Å². The molecule has 0 saturated heterocycles. The predicted octanol–water partition coefficient (Wildman–Crippen LogP) is 4.67. The monoisotopic (exact) mass is 351 g/mol. The fraction of sp³-hybridized carbons (Fsp3) is 0.600. The summed E-state index contributed by atoms with van der Waals surface area (Å²) in [5, 5.41) is 0.244. The lowest BCUT2D eigenvalue weighted by Crippen LogP contribution is -2.39. The molecule has 0 fully saturated rings. The minimum atomic E-state index is -3.61. The van der Waals surface area contributed by atoms with Gasteiger partial charge in [-0.3, -0.25) is 0 Å². The summed E-state index contributed by atoms with van der Waals surface area (Å²) >= 11 is 11.9. The third-order valence-electron chi connectivity index (χ3n) is 3.55. The lowest BCUT2D eigenvalue weighted by atomic mass is 10.2. The van der Waals surface area contributed by atoms with E-state index in [0.717, 1.165) is 24.8 Å². The van der Waals surface area contributed by atoms with Crippen LogP contribution in [0.15, 0.2) is 23.1 Å². The first-order valence-corrected chi connectivity index (χ1v) is 9.59. The molecule has 0 heterocycles. The van der Waals surface area contributed by atoms with Gasteiger partial charge in [0.15, 0.2) is 0 Å². The van der Waals surface area contributed by atoms with E-state index in [2.05, 4.69) is 0 Å². The molecule has 21 heavy (non-hydrogen) atoms. The first-order chi connectivity index (χ1) is 9.88. The average Bonchev–Trinajstić information content (AvgIpc) is 2.47. The van der Waals surface area contributed by atoms with Crippen LogP contribution in [0.3, 0.4) is 0 Å². The smallest absolute Gasteiger partial charge is 0.207 e. The molecule has 0 aliphatic carbocycles. The van der Waals surface area contributed by atoms with Crippen molar-refractivity contribution in [3.63, 3.8) is 0 Å². The van der Waals surface area contributed by atoms with Crippen molar-refractivity contribution in [1.29, 1.82) is 0 Å². The van der Waals surface area contributed by atoms with Crippen LogP contribution < -0.4 is 0 Å². The van der Waals surface area contributed by atoms with Crippen molar-refractivity contribution in [3.8, 4) is 0 Å². The Morgan fingerprint density at radius 1 is 1.29 bits per heavy atom. The second-order valence-electron chi connectivity index (χ2n) is 5.12. The zero-order valence-electron chi connectivity index (χ0n) is 12.8. The Balaban J connectivity index is 3.27. The van der Waals surface area contributed by atoms with Gasteiger partial charge in [-0.2, -0.15) is 4.31 Å². The van der Waals surface area contributed by atoms with Crippen molar-refractivity contribution in [2.45, 2.75) is 56.9 Å². The van der Waals surface area contributed by atoms with Crippen molar-refractivity contribution >= 4 is 33.2 Å². The Morgan fingerprint density at radius 2 is 1.95 bits per heavy atom. The molecule has 1 rings (SSSR count). The highest BCUT2D eigenvalue weighted by molar-refractivity contribution is 7.89. The molecule has 0 bridgehead atoms. The maximum Gasteiger partial charge on any atom is 0.244 e. The van der Waals surface area contributed by atoms with Crippen LogP contribution >= 0.6 is 23.2 Å². The number of nitrogens with zero attached hydrogens (tertiary/aromatic N) is 1. The van der Waals surface area contributed by atoms with Crippen molar-refractivity contribution in [2.24, 2.45) is 0 Å². The highest BCUT2D eigenvalue weighted by Crippen LogP contribution is 2.28. The van der Waals surface area contributed by atoms with Gasteiger partial charge in [-0.25, -0.2) is 8.42 Å². The number of alkyl halides is 1. The van der Waals surface area contributed by atoms with E-state index in [1.165, 1.54) is 0 Å². The van der Waals surface area contributed by atoms with Gasteiger partial charge in [0.05, 0.1) is 5.02 Å². The molecule has 0 radical (unpaired) electrons. The lowest BCUT2D eigenvalue weighted by Gasteiger charge is -2.28. The molecule has 120 valence electrons. The van der Waals surface area contributed by atoms with Gasteiger partial charge in [-0.15, -0.1) is 11.6 Å². The van der Waals surface area contributed by atoms with E-state index in [4.69, 9.17) is 23.2 Å². The Morgan fingerprint density at radius 3 is 2.48 bits per heavy atom. The molecule has 0 saturated carbocycles. The van der Waals surface area contributed by atoms with Gasteiger partial charge < -0.3 is 0 Å². The molecular weight excluding hydrogens is 329 g/mol. The fourth-order valence-electron chi connectivity index (χ4n) is 2.05. The Kier molecular flexibility index (Phi) is 7.48. The highest BCUT2D eigenvalue weighted by atomic mass is 35.5. The van der Waals surface area contributed by atoms with Crippen LogP contribution in [0.1, 0.15) is 45.6 Å². The van der Waals surface area contributed by atoms with Crippen LogP contribution in [0.4, 0.5) is 0 Å². The molecule has 0 aromatic heterocycles. The summed E-state index contributed by atoms with van der Waals surface area (Å²) in [6, 6.07) is 4.86. The van der Waals surface area contributed by atoms with Gasteiger partial charge in [0.1, 0.15) is 4.90 Å². The Bertz CT molecular complexity index is 561. The Labute approximate surface area is 138 Å². The summed E-state index contributed by atoms with van der Waals surface area (Å²) in [5.74, 6) is 0.262. The van der Waals surface area contributed by atoms with E-state index in [9.17, 15) is 8.42 Å². The van der Waals surface area contributed by atoms with E-state index in [1.807, 2.05) is 20.8 Å². The van der Waals surface area contributed by atoms with Crippen LogP contribution in [-0.4, -0.2) is 25.3 Å². The van der Waals surface area contributed by atoms with Gasteiger partial charge in [0, 0.05) is 18.5 Å². The number of benzene rings is 1. The molecule has 0 amide bonds. The minimum absolute atomic E-state index is 0.0581. The summed E-state index contributed by atoms with van der Waals surface area (Å²) < 4.78 is 27.4. The van der Waals surface area contributed by atoms with Crippen LogP contribution in [0, 0.1) is 0 Å². The van der Waals surface area contributed by atoms with Gasteiger partial charge in [-0.05, 0) is 37.5 Å². The van der Waals surface area contributed by atoms with Crippen LogP contribution in [0.25, 0.3) is 0 Å². The van der Waals surface area contributed by atoms with Crippen LogP contribution in [-0.2, 0) is 15.9 Å². The molecule has 6 heteroatoms. The van der Waals surface area contributed by atoms with Crippen molar-refractivity contribution in [1.82, 2.24) is 4.31 Å². The van der Waals surface area contributed by atoms with Crippen molar-refractivity contribution in [2.75, 3.05) is 6.54 Å².